The monoisotopic (exact) mass is 336 g/mol. The van der Waals surface area contributed by atoms with Crippen LogP contribution >= 0.6 is 0 Å². The van der Waals surface area contributed by atoms with Crippen molar-refractivity contribution in [2.24, 2.45) is 0 Å². The van der Waals surface area contributed by atoms with Crippen molar-refractivity contribution >= 4 is 0 Å². The summed E-state index contributed by atoms with van der Waals surface area (Å²) in [4.78, 5) is 0. The molecule has 0 fully saturated rings. The fourth-order valence-electron chi connectivity index (χ4n) is 2.81. The summed E-state index contributed by atoms with van der Waals surface area (Å²) in [6, 6.07) is 16.5. The van der Waals surface area contributed by atoms with Crippen molar-refractivity contribution in [2.45, 2.75) is 33.1 Å². The van der Waals surface area contributed by atoms with Gasteiger partial charge in [-0.2, -0.15) is 0 Å². The topological polar surface area (TPSA) is 18.5 Å². The van der Waals surface area contributed by atoms with Crippen molar-refractivity contribution in [1.82, 2.24) is 0 Å². The van der Waals surface area contributed by atoms with Gasteiger partial charge in [0.25, 0.3) is 0 Å². The van der Waals surface area contributed by atoms with E-state index in [4.69, 9.17) is 9.47 Å². The molecule has 0 bridgehead atoms. The number of ether oxygens (including phenoxy) is 2. The molecule has 132 valence electrons. The summed E-state index contributed by atoms with van der Waals surface area (Å²) in [5, 5.41) is 0. The highest BCUT2D eigenvalue weighted by molar-refractivity contribution is 5.47. The Morgan fingerprint density at radius 2 is 1.20 bits per heavy atom. The van der Waals surface area contributed by atoms with Crippen LogP contribution in [-0.4, -0.2) is 13.2 Å². The average molecular weight is 336 g/mol. The zero-order valence-electron chi connectivity index (χ0n) is 15.5. The second kappa shape index (κ2) is 9.12. The molecule has 0 aliphatic heterocycles. The number of benzene rings is 2. The minimum absolute atomic E-state index is 0.211. The predicted molar refractivity (Wildman–Crippen MR) is 106 cm³/mol. The smallest absolute Gasteiger partial charge is 0.123 e. The molecule has 0 spiro atoms. The van der Waals surface area contributed by atoms with Crippen LogP contribution in [0.15, 0.2) is 72.8 Å². The van der Waals surface area contributed by atoms with Crippen LogP contribution in [0, 0.1) is 0 Å². The molecule has 0 atom stereocenters. The van der Waals surface area contributed by atoms with Crippen LogP contribution in [0.2, 0.25) is 0 Å². The van der Waals surface area contributed by atoms with E-state index in [9.17, 15) is 0 Å². The first-order valence-corrected chi connectivity index (χ1v) is 8.75. The third kappa shape index (κ3) is 5.25. The van der Waals surface area contributed by atoms with Gasteiger partial charge < -0.3 is 9.47 Å². The molecular weight excluding hydrogens is 308 g/mol. The zero-order valence-corrected chi connectivity index (χ0v) is 15.5. The Hall–Kier alpha value is -2.48. The largest absolute Gasteiger partial charge is 0.489 e. The number of para-hydroxylation sites is 2. The molecule has 0 radical (unpaired) electrons. The lowest BCUT2D eigenvalue weighted by Crippen LogP contribution is -2.08. The van der Waals surface area contributed by atoms with Gasteiger partial charge in [-0.3, -0.25) is 0 Å². The van der Waals surface area contributed by atoms with E-state index in [0.717, 1.165) is 29.1 Å². The second-order valence-electron chi connectivity index (χ2n) is 6.53. The Kier molecular flexibility index (Phi) is 6.88. The minimum atomic E-state index is 0.211. The Morgan fingerprint density at radius 1 is 0.800 bits per heavy atom. The van der Waals surface area contributed by atoms with Crippen molar-refractivity contribution in [3.8, 4) is 11.5 Å². The molecular formula is C23H28O2. The van der Waals surface area contributed by atoms with Crippen LogP contribution in [-0.2, 0) is 0 Å². The van der Waals surface area contributed by atoms with Gasteiger partial charge in [-0.1, -0.05) is 56.5 Å². The summed E-state index contributed by atoms with van der Waals surface area (Å²) < 4.78 is 12.0. The molecule has 0 aliphatic carbocycles. The van der Waals surface area contributed by atoms with E-state index in [1.165, 1.54) is 11.1 Å². The van der Waals surface area contributed by atoms with Gasteiger partial charge >= 0.3 is 0 Å². The van der Waals surface area contributed by atoms with E-state index in [2.05, 4.69) is 44.3 Å². The third-order valence-electron chi connectivity index (χ3n) is 3.95. The van der Waals surface area contributed by atoms with Crippen LogP contribution in [0.25, 0.3) is 0 Å². The summed E-state index contributed by atoms with van der Waals surface area (Å²) in [5.74, 6) is 2.03. The van der Waals surface area contributed by atoms with Crippen LogP contribution in [0.3, 0.4) is 0 Å². The van der Waals surface area contributed by atoms with Crippen LogP contribution in [0.5, 0.6) is 11.5 Å². The van der Waals surface area contributed by atoms with Crippen molar-refractivity contribution in [1.29, 1.82) is 0 Å². The predicted octanol–water partition coefficient (Wildman–Crippen LogP) is 6.14. The Balaban J connectivity index is 2.37. The summed E-state index contributed by atoms with van der Waals surface area (Å²) in [5.41, 5.74) is 4.37. The van der Waals surface area contributed by atoms with E-state index in [1.54, 1.807) is 0 Å². The van der Waals surface area contributed by atoms with E-state index < -0.39 is 0 Å². The Morgan fingerprint density at radius 3 is 1.56 bits per heavy atom. The maximum Gasteiger partial charge on any atom is 0.123 e. The molecule has 0 saturated heterocycles. The van der Waals surface area contributed by atoms with Gasteiger partial charge in [0.05, 0.1) is 0 Å². The van der Waals surface area contributed by atoms with E-state index in [0.29, 0.717) is 13.2 Å². The van der Waals surface area contributed by atoms with E-state index in [-0.39, 0.29) is 5.92 Å². The molecule has 0 aliphatic rings. The molecule has 0 saturated carbocycles. The van der Waals surface area contributed by atoms with E-state index >= 15 is 0 Å². The summed E-state index contributed by atoms with van der Waals surface area (Å²) in [6.45, 7) is 15.0. The Bertz CT molecular complexity index is 669. The highest BCUT2D eigenvalue weighted by Gasteiger charge is 2.20. The molecule has 2 heteroatoms. The highest BCUT2D eigenvalue weighted by Crippen LogP contribution is 2.38. The van der Waals surface area contributed by atoms with Crippen molar-refractivity contribution in [2.75, 3.05) is 13.2 Å². The Labute approximate surface area is 151 Å². The molecule has 0 N–H and O–H groups in total. The summed E-state index contributed by atoms with van der Waals surface area (Å²) in [7, 11) is 0. The molecule has 0 unspecified atom stereocenters. The van der Waals surface area contributed by atoms with Gasteiger partial charge in [0.2, 0.25) is 0 Å². The van der Waals surface area contributed by atoms with Gasteiger partial charge in [-0.05, 0) is 43.5 Å². The fourth-order valence-corrected chi connectivity index (χ4v) is 2.81. The lowest BCUT2D eigenvalue weighted by atomic mass is 9.88. The molecule has 2 aromatic carbocycles. The van der Waals surface area contributed by atoms with Crippen molar-refractivity contribution in [3.05, 3.63) is 84.0 Å². The van der Waals surface area contributed by atoms with Crippen molar-refractivity contribution < 1.29 is 9.47 Å². The lowest BCUT2D eigenvalue weighted by molar-refractivity contribution is 0.341. The summed E-state index contributed by atoms with van der Waals surface area (Å²) in [6.07, 6.45) is 0.959. The minimum Gasteiger partial charge on any atom is -0.489 e. The fraction of sp³-hybridized carbons (Fsp3) is 0.304. The van der Waals surface area contributed by atoms with Gasteiger partial charge in [0.15, 0.2) is 0 Å². The molecule has 2 rings (SSSR count). The van der Waals surface area contributed by atoms with Gasteiger partial charge in [-0.25, -0.2) is 0 Å². The van der Waals surface area contributed by atoms with Crippen molar-refractivity contribution in [3.63, 3.8) is 0 Å². The first kappa shape index (κ1) is 18.9. The normalized spacial score (nSPS) is 10.6. The lowest BCUT2D eigenvalue weighted by Gasteiger charge is -2.22. The second-order valence-corrected chi connectivity index (χ2v) is 6.53. The summed E-state index contributed by atoms with van der Waals surface area (Å²) >= 11 is 0. The SMILES string of the molecule is C=C(C)COc1ccccc1C(CC)c1ccccc1OCC(=C)C. The maximum absolute atomic E-state index is 5.99. The maximum atomic E-state index is 5.99. The third-order valence-corrected chi connectivity index (χ3v) is 3.95. The molecule has 2 aromatic rings. The standard InChI is InChI=1S/C23H28O2/c1-6-19(20-11-7-9-13-22(20)24-15-17(2)3)21-12-8-10-14-23(21)25-16-18(4)5/h7-14,19H,2,4,6,15-16H2,1,3,5H3. The molecule has 0 aromatic heterocycles. The molecule has 2 nitrogen and oxygen atoms in total. The molecule has 25 heavy (non-hydrogen) atoms. The van der Waals surface area contributed by atoms with Gasteiger partial charge in [0, 0.05) is 17.0 Å². The van der Waals surface area contributed by atoms with E-state index in [1.807, 2.05) is 38.1 Å². The first-order valence-electron chi connectivity index (χ1n) is 8.75. The quantitative estimate of drug-likeness (QED) is 0.512. The average Bonchev–Trinajstić information content (AvgIpc) is 2.60. The van der Waals surface area contributed by atoms with Gasteiger partial charge in [0.1, 0.15) is 24.7 Å². The highest BCUT2D eigenvalue weighted by atomic mass is 16.5. The van der Waals surface area contributed by atoms with Gasteiger partial charge in [-0.15, -0.1) is 0 Å². The molecule has 0 amide bonds. The number of hydrogen-bond donors (Lipinski definition) is 0. The zero-order chi connectivity index (χ0) is 18.2. The van der Waals surface area contributed by atoms with Crippen LogP contribution in [0.1, 0.15) is 44.2 Å². The van der Waals surface area contributed by atoms with Crippen LogP contribution in [0.4, 0.5) is 0 Å². The number of rotatable bonds is 9. The number of hydrogen-bond acceptors (Lipinski definition) is 2. The first-order chi connectivity index (χ1) is 12.0. The molecule has 0 heterocycles. The van der Waals surface area contributed by atoms with Crippen LogP contribution < -0.4 is 9.47 Å².